The smallest absolute Gasteiger partial charge is 0.417 e. The van der Waals surface area contributed by atoms with E-state index in [9.17, 15) is 22.8 Å². The number of ether oxygens (including phenoxy) is 1. The minimum atomic E-state index is -4.64. The van der Waals surface area contributed by atoms with Gasteiger partial charge in [-0.1, -0.05) is 30.2 Å². The molecule has 210 valence electrons. The largest absolute Gasteiger partial charge is 0.457 e. The summed E-state index contributed by atoms with van der Waals surface area (Å²) >= 11 is 5.62. The van der Waals surface area contributed by atoms with E-state index in [2.05, 4.69) is 20.5 Å². The Morgan fingerprint density at radius 1 is 1.02 bits per heavy atom. The van der Waals surface area contributed by atoms with Crippen LogP contribution in [0.5, 0.6) is 11.5 Å². The highest BCUT2D eigenvalue weighted by Crippen LogP contribution is 2.36. The van der Waals surface area contributed by atoms with E-state index < -0.39 is 22.7 Å². The molecule has 0 unspecified atom stereocenters. The van der Waals surface area contributed by atoms with Crippen molar-refractivity contribution in [2.24, 2.45) is 0 Å². The Kier molecular flexibility index (Phi) is 9.79. The van der Waals surface area contributed by atoms with Gasteiger partial charge in [0.1, 0.15) is 17.2 Å². The topological polar surface area (TPSA) is 83.6 Å². The van der Waals surface area contributed by atoms with Gasteiger partial charge in [-0.3, -0.25) is 14.6 Å². The Bertz CT molecular complexity index is 1370. The second-order valence-corrected chi connectivity index (χ2v) is 9.63. The summed E-state index contributed by atoms with van der Waals surface area (Å²) < 4.78 is 45.1. The molecule has 1 fully saturated rings. The molecule has 2 N–H and O–H groups in total. The van der Waals surface area contributed by atoms with Crippen LogP contribution in [0.1, 0.15) is 40.9 Å². The fourth-order valence-corrected chi connectivity index (χ4v) is 4.42. The van der Waals surface area contributed by atoms with E-state index in [1.165, 1.54) is 43.7 Å². The van der Waals surface area contributed by atoms with E-state index in [4.69, 9.17) is 16.3 Å². The zero-order chi connectivity index (χ0) is 28.5. The summed E-state index contributed by atoms with van der Waals surface area (Å²) in [5.41, 5.74) is -0.216. The number of amides is 2. The van der Waals surface area contributed by atoms with Crippen molar-refractivity contribution in [3.63, 3.8) is 0 Å². The van der Waals surface area contributed by atoms with E-state index in [0.29, 0.717) is 23.6 Å². The van der Waals surface area contributed by atoms with Crippen molar-refractivity contribution >= 4 is 35.2 Å². The first-order chi connectivity index (χ1) is 19.2. The van der Waals surface area contributed by atoms with E-state index in [1.54, 1.807) is 36.4 Å². The van der Waals surface area contributed by atoms with Crippen molar-refractivity contribution in [1.29, 1.82) is 0 Å². The van der Waals surface area contributed by atoms with E-state index >= 15 is 0 Å². The summed E-state index contributed by atoms with van der Waals surface area (Å²) in [4.78, 5) is 31.3. The van der Waals surface area contributed by atoms with Gasteiger partial charge in [-0.25, -0.2) is 0 Å². The second kappa shape index (κ2) is 13.5. The quantitative estimate of drug-likeness (QED) is 0.289. The van der Waals surface area contributed by atoms with Crippen LogP contribution in [0.15, 0.2) is 66.9 Å². The van der Waals surface area contributed by atoms with Crippen molar-refractivity contribution in [1.82, 2.24) is 15.2 Å². The lowest BCUT2D eigenvalue weighted by Crippen LogP contribution is -2.37. The molecule has 1 saturated heterocycles. The number of benzene rings is 2. The molecule has 0 saturated carbocycles. The van der Waals surface area contributed by atoms with E-state index in [1.807, 2.05) is 0 Å². The number of halogens is 4. The molecule has 11 heteroatoms. The van der Waals surface area contributed by atoms with Crippen LogP contribution in [-0.2, 0) is 11.0 Å². The van der Waals surface area contributed by atoms with E-state index in [-0.39, 0.29) is 17.3 Å². The third-order valence-corrected chi connectivity index (χ3v) is 6.52. The lowest BCUT2D eigenvalue weighted by Gasteiger charge is -2.26. The number of carbonyl (C=O) groups is 2. The summed E-state index contributed by atoms with van der Waals surface area (Å²) in [6, 6.07) is 13.2. The number of nitrogens with one attached hydrogen (secondary N) is 2. The lowest BCUT2D eigenvalue weighted by atomic mass is 10.1. The first-order valence-electron chi connectivity index (χ1n) is 12.8. The minimum absolute atomic E-state index is 0.0347. The van der Waals surface area contributed by atoms with Crippen LogP contribution in [0.3, 0.4) is 0 Å². The molecular formula is C29H28ClF3N4O3. The molecule has 2 aromatic carbocycles. The first kappa shape index (κ1) is 29.1. The van der Waals surface area contributed by atoms with Crippen LogP contribution >= 0.6 is 11.6 Å². The van der Waals surface area contributed by atoms with Crippen LogP contribution in [0.25, 0.3) is 6.08 Å². The highest BCUT2D eigenvalue weighted by Gasteiger charge is 2.33. The number of aromatic nitrogens is 1. The molecular weight excluding hydrogens is 545 g/mol. The number of alkyl halides is 3. The maximum Gasteiger partial charge on any atom is 0.417 e. The van der Waals surface area contributed by atoms with Gasteiger partial charge in [-0.2, -0.15) is 13.2 Å². The lowest BCUT2D eigenvalue weighted by molar-refractivity contribution is -0.137. The highest BCUT2D eigenvalue weighted by molar-refractivity contribution is 6.31. The molecule has 0 atom stereocenters. The third-order valence-electron chi connectivity index (χ3n) is 6.19. The van der Waals surface area contributed by atoms with E-state index in [0.717, 1.165) is 31.8 Å². The van der Waals surface area contributed by atoms with Gasteiger partial charge in [0, 0.05) is 37.1 Å². The maximum absolute atomic E-state index is 13.1. The van der Waals surface area contributed by atoms with Gasteiger partial charge in [-0.05, 0) is 74.0 Å². The van der Waals surface area contributed by atoms with Gasteiger partial charge in [0.25, 0.3) is 5.91 Å². The molecule has 0 bridgehead atoms. The second-order valence-electron chi connectivity index (χ2n) is 9.22. The number of carbonyl (C=O) groups excluding carboxylic acids is 2. The summed E-state index contributed by atoms with van der Waals surface area (Å²) in [5.74, 6) is -0.0314. The molecule has 7 nitrogen and oxygen atoms in total. The number of hydrogen-bond donors (Lipinski definition) is 2. The number of nitrogens with zero attached hydrogens (tertiary/aromatic N) is 2. The summed E-state index contributed by atoms with van der Waals surface area (Å²) in [7, 11) is 0. The van der Waals surface area contributed by atoms with Gasteiger partial charge in [-0.15, -0.1) is 0 Å². The Labute approximate surface area is 235 Å². The predicted octanol–water partition coefficient (Wildman–Crippen LogP) is 6.41. The SMILES string of the molecule is O=C(C=Cc1cccc(Oc2ccnc(C(=O)NCCN3CCCCC3)c2)c1)Nc1ccc(Cl)c(C(F)(F)F)c1. The molecule has 1 aromatic heterocycles. The number of anilines is 1. The van der Waals surface area contributed by atoms with Gasteiger partial charge in [0.2, 0.25) is 5.91 Å². The summed E-state index contributed by atoms with van der Waals surface area (Å²) in [5, 5.41) is 4.84. The molecule has 0 radical (unpaired) electrons. The third kappa shape index (κ3) is 8.56. The number of hydrogen-bond acceptors (Lipinski definition) is 5. The van der Waals surface area contributed by atoms with Crippen molar-refractivity contribution in [2.45, 2.75) is 25.4 Å². The standard InChI is InChI=1S/C29H28ClF3N4O3/c30-25-9-8-21(18-24(25)29(31,32)33)36-27(38)10-7-20-5-4-6-22(17-20)40-23-11-12-34-26(19-23)28(39)35-13-16-37-14-2-1-3-15-37/h4-12,17-19H,1-3,13-16H2,(H,35,39)(H,36,38). The van der Waals surface area contributed by atoms with Gasteiger partial charge in [0.15, 0.2) is 0 Å². The molecule has 4 rings (SSSR count). The average Bonchev–Trinajstić information content (AvgIpc) is 2.93. The van der Waals surface area contributed by atoms with Crippen LogP contribution < -0.4 is 15.4 Å². The Balaban J connectivity index is 1.33. The first-order valence-corrected chi connectivity index (χ1v) is 13.2. The molecule has 1 aliphatic heterocycles. The van der Waals surface area contributed by atoms with Crippen molar-refractivity contribution in [2.75, 3.05) is 31.5 Å². The van der Waals surface area contributed by atoms with Crippen LogP contribution in [-0.4, -0.2) is 47.9 Å². The van der Waals surface area contributed by atoms with Crippen molar-refractivity contribution in [3.8, 4) is 11.5 Å². The molecule has 2 amide bonds. The number of likely N-dealkylation sites (tertiary alicyclic amines) is 1. The zero-order valence-corrected chi connectivity index (χ0v) is 22.3. The maximum atomic E-state index is 13.1. The number of rotatable bonds is 9. The fourth-order valence-electron chi connectivity index (χ4n) is 4.19. The molecule has 40 heavy (non-hydrogen) atoms. The molecule has 0 spiro atoms. The van der Waals surface area contributed by atoms with Crippen LogP contribution in [0, 0.1) is 0 Å². The van der Waals surface area contributed by atoms with Gasteiger partial charge >= 0.3 is 6.18 Å². The molecule has 2 heterocycles. The molecule has 1 aliphatic rings. The number of piperidine rings is 1. The van der Waals surface area contributed by atoms with Crippen molar-refractivity contribution < 1.29 is 27.5 Å². The normalized spacial score (nSPS) is 14.2. The molecule has 0 aliphatic carbocycles. The average molecular weight is 573 g/mol. The van der Waals surface area contributed by atoms with Crippen LogP contribution in [0.2, 0.25) is 5.02 Å². The highest BCUT2D eigenvalue weighted by atomic mass is 35.5. The Morgan fingerprint density at radius 2 is 1.80 bits per heavy atom. The summed E-state index contributed by atoms with van der Waals surface area (Å²) in [6.45, 7) is 3.45. The molecule has 3 aromatic rings. The van der Waals surface area contributed by atoms with Crippen molar-refractivity contribution in [3.05, 3.63) is 88.7 Å². The zero-order valence-electron chi connectivity index (χ0n) is 21.5. The predicted molar refractivity (Wildman–Crippen MR) is 147 cm³/mol. The summed E-state index contributed by atoms with van der Waals surface area (Å²) in [6.07, 6.45) is 3.18. The Morgan fingerprint density at radius 3 is 2.58 bits per heavy atom. The minimum Gasteiger partial charge on any atom is -0.457 e. The van der Waals surface area contributed by atoms with Gasteiger partial charge < -0.3 is 20.3 Å². The van der Waals surface area contributed by atoms with Gasteiger partial charge in [0.05, 0.1) is 10.6 Å². The fraction of sp³-hybridized carbons (Fsp3) is 0.276. The monoisotopic (exact) mass is 572 g/mol. The number of pyridine rings is 1. The van der Waals surface area contributed by atoms with Crippen LogP contribution in [0.4, 0.5) is 18.9 Å². The Hall–Kier alpha value is -3.89.